The average Bonchev–Trinajstić information content (AvgIpc) is 2.33. The average molecular weight is 310 g/mol. The Bertz CT molecular complexity index is 415. The van der Waals surface area contributed by atoms with Crippen molar-refractivity contribution in [3.63, 3.8) is 0 Å². The van der Waals surface area contributed by atoms with E-state index in [0.29, 0.717) is 12.0 Å². The number of rotatable bonds is 3. The van der Waals surface area contributed by atoms with Gasteiger partial charge in [-0.3, -0.25) is 9.69 Å². The van der Waals surface area contributed by atoms with Crippen molar-refractivity contribution in [2.45, 2.75) is 26.7 Å². The van der Waals surface area contributed by atoms with Crippen molar-refractivity contribution >= 4 is 21.7 Å². The minimum absolute atomic E-state index is 0.224. The summed E-state index contributed by atoms with van der Waals surface area (Å²) in [6, 6.07) is 7.62. The minimum Gasteiger partial charge on any atom is -0.296 e. The smallest absolute Gasteiger partial charge is 0.176 e. The largest absolute Gasteiger partial charge is 0.296 e. The predicted octanol–water partition coefficient (Wildman–Crippen LogP) is 3.75. The summed E-state index contributed by atoms with van der Waals surface area (Å²) in [4.78, 5) is 14.4. The Balaban J connectivity index is 1.90. The highest BCUT2D eigenvalue weighted by molar-refractivity contribution is 9.10. The standard InChI is InChI=1S/C15H20BrNO/c1-15(2)7-9-17(10-8-15)11-14(18)12-3-5-13(16)6-4-12/h3-6H,7-11H2,1-2H3. The van der Waals surface area contributed by atoms with Crippen LogP contribution in [0.5, 0.6) is 0 Å². The Labute approximate surface area is 117 Å². The normalized spacial score (nSPS) is 19.7. The number of carbonyl (C=O) groups is 1. The van der Waals surface area contributed by atoms with Crippen molar-refractivity contribution in [2.75, 3.05) is 19.6 Å². The van der Waals surface area contributed by atoms with Crippen molar-refractivity contribution in [3.8, 4) is 0 Å². The molecule has 0 bridgehead atoms. The third kappa shape index (κ3) is 3.66. The van der Waals surface area contributed by atoms with Gasteiger partial charge in [-0.15, -0.1) is 0 Å². The fraction of sp³-hybridized carbons (Fsp3) is 0.533. The van der Waals surface area contributed by atoms with E-state index in [1.54, 1.807) is 0 Å². The van der Waals surface area contributed by atoms with Crippen LogP contribution in [0.4, 0.5) is 0 Å². The first-order chi connectivity index (χ1) is 8.46. The van der Waals surface area contributed by atoms with E-state index < -0.39 is 0 Å². The molecule has 0 spiro atoms. The molecular formula is C15H20BrNO. The maximum absolute atomic E-state index is 12.1. The number of likely N-dealkylation sites (tertiary alicyclic amines) is 1. The number of hydrogen-bond donors (Lipinski definition) is 0. The molecule has 0 atom stereocenters. The van der Waals surface area contributed by atoms with Gasteiger partial charge in [-0.05, 0) is 43.5 Å². The number of halogens is 1. The Hall–Kier alpha value is -0.670. The third-order valence-electron chi connectivity index (χ3n) is 3.74. The zero-order valence-corrected chi connectivity index (χ0v) is 12.7. The van der Waals surface area contributed by atoms with Crippen molar-refractivity contribution in [3.05, 3.63) is 34.3 Å². The molecule has 2 nitrogen and oxygen atoms in total. The molecule has 0 aliphatic carbocycles. The first-order valence-electron chi connectivity index (χ1n) is 6.47. The van der Waals surface area contributed by atoms with Gasteiger partial charge in [-0.2, -0.15) is 0 Å². The van der Waals surface area contributed by atoms with Crippen molar-refractivity contribution in [1.29, 1.82) is 0 Å². The molecule has 18 heavy (non-hydrogen) atoms. The van der Waals surface area contributed by atoms with Gasteiger partial charge in [0.25, 0.3) is 0 Å². The predicted molar refractivity (Wildman–Crippen MR) is 77.9 cm³/mol. The van der Waals surface area contributed by atoms with E-state index in [9.17, 15) is 4.79 Å². The summed E-state index contributed by atoms with van der Waals surface area (Å²) in [5.41, 5.74) is 1.25. The zero-order valence-electron chi connectivity index (χ0n) is 11.1. The molecule has 0 unspecified atom stereocenters. The Morgan fingerprint density at radius 1 is 1.22 bits per heavy atom. The summed E-state index contributed by atoms with van der Waals surface area (Å²) in [6.45, 7) is 7.24. The lowest BCUT2D eigenvalue weighted by atomic mass is 9.82. The van der Waals surface area contributed by atoms with E-state index in [1.807, 2.05) is 24.3 Å². The van der Waals surface area contributed by atoms with Crippen LogP contribution in [0.15, 0.2) is 28.7 Å². The van der Waals surface area contributed by atoms with Crippen LogP contribution in [0.1, 0.15) is 37.0 Å². The number of hydrogen-bond acceptors (Lipinski definition) is 2. The molecule has 1 aromatic carbocycles. The number of piperidine rings is 1. The van der Waals surface area contributed by atoms with Crippen LogP contribution < -0.4 is 0 Å². The Morgan fingerprint density at radius 3 is 2.33 bits per heavy atom. The maximum Gasteiger partial charge on any atom is 0.176 e. The first-order valence-corrected chi connectivity index (χ1v) is 7.27. The molecule has 3 heteroatoms. The van der Waals surface area contributed by atoms with E-state index in [1.165, 1.54) is 12.8 Å². The van der Waals surface area contributed by atoms with Crippen LogP contribution >= 0.6 is 15.9 Å². The quantitative estimate of drug-likeness (QED) is 0.793. The monoisotopic (exact) mass is 309 g/mol. The van der Waals surface area contributed by atoms with Crippen LogP contribution in [0.2, 0.25) is 0 Å². The molecule has 1 aliphatic heterocycles. The van der Waals surface area contributed by atoms with Crippen molar-refractivity contribution < 1.29 is 4.79 Å². The second-order valence-corrected chi connectivity index (χ2v) is 6.79. The Morgan fingerprint density at radius 2 is 1.78 bits per heavy atom. The van der Waals surface area contributed by atoms with Gasteiger partial charge in [0.1, 0.15) is 0 Å². The van der Waals surface area contributed by atoms with Gasteiger partial charge in [0.15, 0.2) is 5.78 Å². The van der Waals surface area contributed by atoms with Gasteiger partial charge < -0.3 is 0 Å². The summed E-state index contributed by atoms with van der Waals surface area (Å²) in [7, 11) is 0. The van der Waals surface area contributed by atoms with Gasteiger partial charge in [0.05, 0.1) is 6.54 Å². The van der Waals surface area contributed by atoms with Crippen LogP contribution in [-0.4, -0.2) is 30.3 Å². The third-order valence-corrected chi connectivity index (χ3v) is 4.27. The first kappa shape index (κ1) is 13.8. The van der Waals surface area contributed by atoms with E-state index >= 15 is 0 Å². The van der Waals surface area contributed by atoms with E-state index in [-0.39, 0.29) is 5.78 Å². The second kappa shape index (κ2) is 5.54. The number of benzene rings is 1. The molecule has 0 N–H and O–H groups in total. The summed E-state index contributed by atoms with van der Waals surface area (Å²) in [5, 5.41) is 0. The van der Waals surface area contributed by atoms with Crippen LogP contribution in [0.25, 0.3) is 0 Å². The van der Waals surface area contributed by atoms with Crippen molar-refractivity contribution in [2.24, 2.45) is 5.41 Å². The highest BCUT2D eigenvalue weighted by Crippen LogP contribution is 2.29. The van der Waals surface area contributed by atoms with Crippen LogP contribution in [-0.2, 0) is 0 Å². The maximum atomic E-state index is 12.1. The molecule has 0 radical (unpaired) electrons. The van der Waals surface area contributed by atoms with E-state index in [0.717, 1.165) is 23.1 Å². The van der Waals surface area contributed by atoms with Crippen LogP contribution in [0, 0.1) is 5.41 Å². The highest BCUT2D eigenvalue weighted by Gasteiger charge is 2.26. The molecule has 1 aromatic rings. The molecule has 0 aromatic heterocycles. The van der Waals surface area contributed by atoms with E-state index in [2.05, 4.69) is 34.7 Å². The molecule has 2 rings (SSSR count). The molecule has 1 aliphatic rings. The Kier molecular flexibility index (Phi) is 4.23. The molecule has 98 valence electrons. The summed E-state index contributed by atoms with van der Waals surface area (Å²) in [5.74, 6) is 0.224. The lowest BCUT2D eigenvalue weighted by Gasteiger charge is -2.36. The summed E-state index contributed by atoms with van der Waals surface area (Å²) < 4.78 is 1.01. The van der Waals surface area contributed by atoms with Gasteiger partial charge in [0, 0.05) is 10.0 Å². The lowest BCUT2D eigenvalue weighted by molar-refractivity contribution is 0.0845. The zero-order chi connectivity index (χ0) is 13.2. The molecule has 0 amide bonds. The van der Waals surface area contributed by atoms with Crippen molar-refractivity contribution in [1.82, 2.24) is 4.90 Å². The number of Topliss-reactive ketones (excluding diaryl/α,β-unsaturated/α-hetero) is 1. The molecule has 0 saturated carbocycles. The molecule has 1 saturated heterocycles. The molecular weight excluding hydrogens is 290 g/mol. The van der Waals surface area contributed by atoms with Gasteiger partial charge in [-0.1, -0.05) is 41.9 Å². The van der Waals surface area contributed by atoms with Gasteiger partial charge in [0.2, 0.25) is 0 Å². The fourth-order valence-electron chi connectivity index (χ4n) is 2.25. The summed E-state index contributed by atoms with van der Waals surface area (Å²) >= 11 is 3.38. The second-order valence-electron chi connectivity index (χ2n) is 5.87. The van der Waals surface area contributed by atoms with E-state index in [4.69, 9.17) is 0 Å². The fourth-order valence-corrected chi connectivity index (χ4v) is 2.51. The number of ketones is 1. The van der Waals surface area contributed by atoms with Crippen LogP contribution in [0.3, 0.4) is 0 Å². The number of nitrogens with zero attached hydrogens (tertiary/aromatic N) is 1. The molecule has 1 fully saturated rings. The SMILES string of the molecule is CC1(C)CCN(CC(=O)c2ccc(Br)cc2)CC1. The topological polar surface area (TPSA) is 20.3 Å². The molecule has 1 heterocycles. The summed E-state index contributed by atoms with van der Waals surface area (Å²) in [6.07, 6.45) is 2.36. The highest BCUT2D eigenvalue weighted by atomic mass is 79.9. The minimum atomic E-state index is 0.224. The lowest BCUT2D eigenvalue weighted by Crippen LogP contribution is -2.40. The number of carbonyl (C=O) groups excluding carboxylic acids is 1. The van der Waals surface area contributed by atoms with Gasteiger partial charge in [-0.25, -0.2) is 0 Å². The van der Waals surface area contributed by atoms with Gasteiger partial charge >= 0.3 is 0 Å².